The van der Waals surface area contributed by atoms with Crippen LogP contribution in [0.15, 0.2) is 24.4 Å². The summed E-state index contributed by atoms with van der Waals surface area (Å²) in [6, 6.07) is 5.69. The third kappa shape index (κ3) is 1.63. The fraction of sp³-hybridized carbons (Fsp3) is 0. The Morgan fingerprint density at radius 2 is 1.76 bits per heavy atom. The van der Waals surface area contributed by atoms with E-state index in [4.69, 9.17) is 11.5 Å². The first kappa shape index (κ1) is 9.52. The summed E-state index contributed by atoms with van der Waals surface area (Å²) in [5.41, 5.74) is 12.8. The van der Waals surface area contributed by atoms with Crippen molar-refractivity contribution in [1.82, 2.24) is 25.1 Å². The zero-order valence-electron chi connectivity index (χ0n) is 8.75. The van der Waals surface area contributed by atoms with E-state index in [2.05, 4.69) is 25.1 Å². The Morgan fingerprint density at radius 3 is 2.53 bits per heavy atom. The minimum atomic E-state index is 0.109. The van der Waals surface area contributed by atoms with Gasteiger partial charge in [0.25, 0.3) is 0 Å². The lowest BCUT2D eigenvalue weighted by molar-refractivity contribution is 1.09. The Bertz CT molecular complexity index is 668. The highest BCUT2D eigenvalue weighted by Gasteiger charge is 2.06. The first-order valence-electron chi connectivity index (χ1n) is 4.93. The lowest BCUT2D eigenvalue weighted by atomic mass is 10.1. The molecule has 1 aromatic carbocycles. The molecule has 3 aromatic rings. The molecule has 0 aliphatic carbocycles. The van der Waals surface area contributed by atoms with Crippen LogP contribution >= 0.6 is 0 Å². The number of anilines is 2. The summed E-state index contributed by atoms with van der Waals surface area (Å²) in [5, 5.41) is 7.84. The van der Waals surface area contributed by atoms with Gasteiger partial charge in [0.05, 0.1) is 11.7 Å². The number of nitrogens with zero attached hydrogens (tertiary/aromatic N) is 4. The number of nitrogen functional groups attached to an aromatic ring is 2. The van der Waals surface area contributed by atoms with Crippen LogP contribution in [-0.2, 0) is 0 Å². The number of aromatic nitrogens is 5. The predicted octanol–water partition coefficient (Wildman–Crippen LogP) is 0.579. The van der Waals surface area contributed by atoms with Gasteiger partial charge < -0.3 is 11.5 Å². The van der Waals surface area contributed by atoms with Gasteiger partial charge in [-0.3, -0.25) is 5.10 Å². The lowest BCUT2D eigenvalue weighted by Crippen LogP contribution is -2.04. The van der Waals surface area contributed by atoms with Crippen LogP contribution in [0.1, 0.15) is 0 Å². The highest BCUT2D eigenvalue weighted by molar-refractivity contribution is 5.82. The standard InChI is InChI=1S/C10H9N7/c11-9-14-8(15-10(12)16-9)5-1-2-6-4-13-17-7(6)3-5/h1-4H,(H,13,17)(H4,11,12,14,15,16). The number of hydrogen-bond acceptors (Lipinski definition) is 6. The van der Waals surface area contributed by atoms with E-state index in [9.17, 15) is 0 Å². The second kappa shape index (κ2) is 3.41. The number of aromatic amines is 1. The predicted molar refractivity (Wildman–Crippen MR) is 63.7 cm³/mol. The van der Waals surface area contributed by atoms with Gasteiger partial charge in [0, 0.05) is 10.9 Å². The number of nitrogens with one attached hydrogen (secondary N) is 1. The van der Waals surface area contributed by atoms with Gasteiger partial charge in [0.1, 0.15) is 0 Å². The van der Waals surface area contributed by atoms with Gasteiger partial charge in [-0.15, -0.1) is 0 Å². The first-order valence-corrected chi connectivity index (χ1v) is 4.93. The number of benzene rings is 1. The molecule has 84 valence electrons. The molecule has 3 rings (SSSR count). The molecule has 0 saturated heterocycles. The highest BCUT2D eigenvalue weighted by Crippen LogP contribution is 2.20. The third-order valence-electron chi connectivity index (χ3n) is 2.37. The van der Waals surface area contributed by atoms with E-state index >= 15 is 0 Å². The molecule has 0 bridgehead atoms. The van der Waals surface area contributed by atoms with Crippen LogP contribution in [0.25, 0.3) is 22.3 Å². The molecule has 0 unspecified atom stereocenters. The van der Waals surface area contributed by atoms with Gasteiger partial charge in [0.15, 0.2) is 5.82 Å². The maximum Gasteiger partial charge on any atom is 0.225 e. The van der Waals surface area contributed by atoms with Gasteiger partial charge in [-0.2, -0.15) is 20.1 Å². The van der Waals surface area contributed by atoms with Crippen LogP contribution in [-0.4, -0.2) is 25.1 Å². The molecular formula is C10H9N7. The number of hydrogen-bond donors (Lipinski definition) is 3. The van der Waals surface area contributed by atoms with Gasteiger partial charge in [-0.25, -0.2) is 0 Å². The molecule has 2 aromatic heterocycles. The normalized spacial score (nSPS) is 10.8. The Balaban J connectivity index is 2.19. The summed E-state index contributed by atoms with van der Waals surface area (Å²) in [4.78, 5) is 11.8. The molecule has 0 atom stereocenters. The maximum atomic E-state index is 5.53. The van der Waals surface area contributed by atoms with Crippen molar-refractivity contribution in [3.63, 3.8) is 0 Å². The molecule has 0 radical (unpaired) electrons. The van der Waals surface area contributed by atoms with Crippen LogP contribution in [0.5, 0.6) is 0 Å². The SMILES string of the molecule is Nc1nc(N)nc(-c2ccc3cn[nH]c3c2)n1. The fourth-order valence-electron chi connectivity index (χ4n) is 1.61. The Morgan fingerprint density at radius 1 is 1.00 bits per heavy atom. The van der Waals surface area contributed by atoms with E-state index in [0.717, 1.165) is 16.5 Å². The van der Waals surface area contributed by atoms with Crippen LogP contribution in [0.2, 0.25) is 0 Å². The molecule has 0 saturated carbocycles. The number of fused-ring (bicyclic) bond motifs is 1. The van der Waals surface area contributed by atoms with Crippen molar-refractivity contribution in [2.24, 2.45) is 0 Å². The smallest absolute Gasteiger partial charge is 0.225 e. The van der Waals surface area contributed by atoms with Crippen molar-refractivity contribution in [3.8, 4) is 11.4 Å². The van der Waals surface area contributed by atoms with Crippen molar-refractivity contribution in [3.05, 3.63) is 24.4 Å². The zero-order valence-corrected chi connectivity index (χ0v) is 8.75. The van der Waals surface area contributed by atoms with Gasteiger partial charge in [-0.1, -0.05) is 12.1 Å². The minimum Gasteiger partial charge on any atom is -0.368 e. The lowest BCUT2D eigenvalue weighted by Gasteiger charge is -2.02. The van der Waals surface area contributed by atoms with Crippen LogP contribution in [0, 0.1) is 0 Å². The third-order valence-corrected chi connectivity index (χ3v) is 2.37. The topological polar surface area (TPSA) is 119 Å². The van der Waals surface area contributed by atoms with Gasteiger partial charge in [-0.05, 0) is 6.07 Å². The van der Waals surface area contributed by atoms with Crippen molar-refractivity contribution >= 4 is 22.8 Å². The summed E-state index contributed by atoms with van der Waals surface area (Å²) >= 11 is 0. The average Bonchev–Trinajstić information content (AvgIpc) is 2.74. The summed E-state index contributed by atoms with van der Waals surface area (Å²) in [6.45, 7) is 0. The molecule has 0 spiro atoms. The molecule has 7 nitrogen and oxygen atoms in total. The monoisotopic (exact) mass is 227 g/mol. The Labute approximate surface area is 95.9 Å². The summed E-state index contributed by atoms with van der Waals surface area (Å²) in [6.07, 6.45) is 1.75. The molecule has 0 aliphatic heterocycles. The Hall–Kier alpha value is -2.70. The molecular weight excluding hydrogens is 218 g/mol. The second-order valence-corrected chi connectivity index (χ2v) is 3.55. The van der Waals surface area contributed by atoms with Crippen LogP contribution < -0.4 is 11.5 Å². The zero-order chi connectivity index (χ0) is 11.8. The molecule has 17 heavy (non-hydrogen) atoms. The van der Waals surface area contributed by atoms with E-state index in [1.165, 1.54) is 0 Å². The summed E-state index contributed by atoms with van der Waals surface area (Å²) in [7, 11) is 0. The summed E-state index contributed by atoms with van der Waals surface area (Å²) in [5.74, 6) is 0.668. The first-order chi connectivity index (χ1) is 8.22. The second-order valence-electron chi connectivity index (χ2n) is 3.55. The summed E-state index contributed by atoms with van der Waals surface area (Å²) < 4.78 is 0. The number of rotatable bonds is 1. The molecule has 0 amide bonds. The van der Waals surface area contributed by atoms with Crippen LogP contribution in [0.3, 0.4) is 0 Å². The van der Waals surface area contributed by atoms with Crippen molar-refractivity contribution in [2.45, 2.75) is 0 Å². The van der Waals surface area contributed by atoms with Gasteiger partial charge in [0.2, 0.25) is 11.9 Å². The minimum absolute atomic E-state index is 0.109. The van der Waals surface area contributed by atoms with Gasteiger partial charge >= 0.3 is 0 Å². The number of H-pyrrole nitrogens is 1. The van der Waals surface area contributed by atoms with E-state index in [1.807, 2.05) is 18.2 Å². The molecule has 2 heterocycles. The highest BCUT2D eigenvalue weighted by atomic mass is 15.1. The fourth-order valence-corrected chi connectivity index (χ4v) is 1.61. The van der Waals surface area contributed by atoms with Crippen molar-refractivity contribution in [2.75, 3.05) is 11.5 Å². The Kier molecular flexibility index (Phi) is 1.91. The number of nitrogens with two attached hydrogens (primary N) is 2. The van der Waals surface area contributed by atoms with E-state index in [1.54, 1.807) is 6.20 Å². The molecule has 0 aliphatic rings. The molecule has 7 heteroatoms. The average molecular weight is 227 g/mol. The molecule has 5 N–H and O–H groups in total. The van der Waals surface area contributed by atoms with E-state index in [-0.39, 0.29) is 11.9 Å². The van der Waals surface area contributed by atoms with E-state index in [0.29, 0.717) is 5.82 Å². The van der Waals surface area contributed by atoms with Crippen molar-refractivity contribution in [1.29, 1.82) is 0 Å². The van der Waals surface area contributed by atoms with Crippen LogP contribution in [0.4, 0.5) is 11.9 Å². The largest absolute Gasteiger partial charge is 0.368 e. The van der Waals surface area contributed by atoms with Crippen molar-refractivity contribution < 1.29 is 0 Å². The maximum absolute atomic E-state index is 5.53. The molecule has 0 fully saturated rings. The quantitative estimate of drug-likeness (QED) is 0.559. The van der Waals surface area contributed by atoms with E-state index < -0.39 is 0 Å².